The lowest BCUT2D eigenvalue weighted by molar-refractivity contribution is 0.532. The number of hydrogen-bond acceptors (Lipinski definition) is 2. The van der Waals surface area contributed by atoms with E-state index in [0.29, 0.717) is 23.3 Å². The smallest absolute Gasteiger partial charge is 0.125 e. The number of aromatic nitrogens is 2. The molecule has 0 unspecified atom stereocenters. The third-order valence-electron chi connectivity index (χ3n) is 2.60. The molecule has 0 fully saturated rings. The molecule has 5 heteroatoms. The zero-order valence-electron chi connectivity index (χ0n) is 10.3. The van der Waals surface area contributed by atoms with Crippen molar-refractivity contribution in [2.75, 3.05) is 5.32 Å². The minimum atomic E-state index is -0.306. The quantitative estimate of drug-likeness (QED) is 0.911. The fourth-order valence-corrected chi connectivity index (χ4v) is 1.77. The molecule has 1 aromatic heterocycles. The minimum Gasteiger partial charge on any atom is -0.380 e. The highest BCUT2D eigenvalue weighted by Crippen LogP contribution is 2.23. The van der Waals surface area contributed by atoms with Crippen molar-refractivity contribution >= 4 is 17.3 Å². The van der Waals surface area contributed by atoms with E-state index in [1.54, 1.807) is 6.20 Å². The van der Waals surface area contributed by atoms with E-state index in [9.17, 15) is 4.39 Å². The van der Waals surface area contributed by atoms with Crippen LogP contribution in [0.2, 0.25) is 5.02 Å². The van der Waals surface area contributed by atoms with E-state index in [2.05, 4.69) is 24.3 Å². The highest BCUT2D eigenvalue weighted by atomic mass is 35.5. The van der Waals surface area contributed by atoms with E-state index in [1.807, 2.05) is 10.9 Å². The fraction of sp³-hybridized carbons (Fsp3) is 0.308. The van der Waals surface area contributed by atoms with E-state index in [1.165, 1.54) is 18.2 Å². The molecule has 0 saturated heterocycles. The Morgan fingerprint density at radius 1 is 1.44 bits per heavy atom. The topological polar surface area (TPSA) is 29.9 Å². The van der Waals surface area contributed by atoms with Crippen LogP contribution in [0, 0.1) is 5.82 Å². The van der Waals surface area contributed by atoms with Crippen LogP contribution in [0.25, 0.3) is 0 Å². The number of benzene rings is 1. The van der Waals surface area contributed by atoms with Gasteiger partial charge in [0.05, 0.1) is 16.9 Å². The van der Waals surface area contributed by atoms with Gasteiger partial charge in [0.2, 0.25) is 0 Å². The van der Waals surface area contributed by atoms with Gasteiger partial charge in [0.1, 0.15) is 5.82 Å². The molecule has 0 aliphatic rings. The standard InChI is InChI=1S/C13H15ClFN3/c1-9(2)18-8-10(7-17-18)6-16-13-5-11(15)3-4-12(13)14/h3-5,7-9,16H,6H2,1-2H3. The molecular formula is C13H15ClFN3. The predicted octanol–water partition coefficient (Wildman–Crippen LogP) is 3.87. The van der Waals surface area contributed by atoms with Crippen LogP contribution in [0.3, 0.4) is 0 Å². The summed E-state index contributed by atoms with van der Waals surface area (Å²) in [4.78, 5) is 0. The summed E-state index contributed by atoms with van der Waals surface area (Å²) in [6.07, 6.45) is 3.76. The molecule has 1 aromatic carbocycles. The molecule has 0 atom stereocenters. The number of nitrogens with one attached hydrogen (secondary N) is 1. The molecule has 3 nitrogen and oxygen atoms in total. The van der Waals surface area contributed by atoms with Gasteiger partial charge in [0.15, 0.2) is 0 Å². The summed E-state index contributed by atoms with van der Waals surface area (Å²) in [5.41, 5.74) is 1.62. The summed E-state index contributed by atoms with van der Waals surface area (Å²) in [6, 6.07) is 4.59. The molecule has 0 aliphatic carbocycles. The van der Waals surface area contributed by atoms with Crippen molar-refractivity contribution < 1.29 is 4.39 Å². The van der Waals surface area contributed by atoms with Crippen molar-refractivity contribution in [1.82, 2.24) is 9.78 Å². The van der Waals surface area contributed by atoms with Crippen LogP contribution in [0.5, 0.6) is 0 Å². The van der Waals surface area contributed by atoms with Crippen molar-refractivity contribution in [2.24, 2.45) is 0 Å². The number of hydrogen-bond donors (Lipinski definition) is 1. The summed E-state index contributed by atoms with van der Waals surface area (Å²) in [7, 11) is 0. The highest BCUT2D eigenvalue weighted by Gasteiger charge is 2.04. The van der Waals surface area contributed by atoms with Gasteiger partial charge in [0, 0.05) is 24.3 Å². The van der Waals surface area contributed by atoms with Crippen LogP contribution in [0.1, 0.15) is 25.5 Å². The molecule has 0 spiro atoms. The normalized spacial score (nSPS) is 10.9. The summed E-state index contributed by atoms with van der Waals surface area (Å²) in [6.45, 7) is 4.69. The Labute approximate surface area is 111 Å². The van der Waals surface area contributed by atoms with Gasteiger partial charge in [-0.05, 0) is 32.0 Å². The molecule has 0 saturated carbocycles. The maximum atomic E-state index is 13.1. The Morgan fingerprint density at radius 3 is 2.89 bits per heavy atom. The lowest BCUT2D eigenvalue weighted by Crippen LogP contribution is -2.01. The first-order chi connectivity index (χ1) is 8.56. The lowest BCUT2D eigenvalue weighted by atomic mass is 10.3. The second-order valence-corrected chi connectivity index (χ2v) is 4.81. The Bertz CT molecular complexity index is 537. The van der Waals surface area contributed by atoms with Crippen LogP contribution < -0.4 is 5.32 Å². The van der Waals surface area contributed by atoms with E-state index in [0.717, 1.165) is 5.56 Å². The monoisotopic (exact) mass is 267 g/mol. The molecule has 0 aliphatic heterocycles. The van der Waals surface area contributed by atoms with Crippen molar-refractivity contribution in [3.05, 3.63) is 47.0 Å². The van der Waals surface area contributed by atoms with Gasteiger partial charge in [-0.15, -0.1) is 0 Å². The second-order valence-electron chi connectivity index (χ2n) is 4.40. The van der Waals surface area contributed by atoms with Crippen LogP contribution in [0.4, 0.5) is 10.1 Å². The first kappa shape index (κ1) is 12.9. The Morgan fingerprint density at radius 2 is 2.22 bits per heavy atom. The third kappa shape index (κ3) is 3.01. The van der Waals surface area contributed by atoms with Gasteiger partial charge in [-0.25, -0.2) is 4.39 Å². The van der Waals surface area contributed by atoms with Crippen LogP contribution in [-0.2, 0) is 6.54 Å². The number of anilines is 1. The van der Waals surface area contributed by atoms with Crippen LogP contribution in [0.15, 0.2) is 30.6 Å². The predicted molar refractivity (Wildman–Crippen MR) is 71.3 cm³/mol. The maximum Gasteiger partial charge on any atom is 0.125 e. The molecule has 0 radical (unpaired) electrons. The van der Waals surface area contributed by atoms with Crippen molar-refractivity contribution in [1.29, 1.82) is 0 Å². The van der Waals surface area contributed by atoms with Gasteiger partial charge < -0.3 is 5.32 Å². The summed E-state index contributed by atoms with van der Waals surface area (Å²) < 4.78 is 14.9. The maximum absolute atomic E-state index is 13.1. The van der Waals surface area contributed by atoms with Crippen LogP contribution in [-0.4, -0.2) is 9.78 Å². The number of halogens is 2. The molecule has 2 aromatic rings. The number of nitrogens with zero attached hydrogens (tertiary/aromatic N) is 2. The Kier molecular flexibility index (Phi) is 3.87. The lowest BCUT2D eigenvalue weighted by Gasteiger charge is -2.07. The van der Waals surface area contributed by atoms with Gasteiger partial charge in [-0.1, -0.05) is 11.6 Å². The average molecular weight is 268 g/mol. The second kappa shape index (κ2) is 5.40. The number of rotatable bonds is 4. The first-order valence-electron chi connectivity index (χ1n) is 5.78. The van der Waals surface area contributed by atoms with Crippen molar-refractivity contribution in [3.63, 3.8) is 0 Å². The van der Waals surface area contributed by atoms with Gasteiger partial charge >= 0.3 is 0 Å². The molecular weight excluding hydrogens is 253 g/mol. The van der Waals surface area contributed by atoms with Gasteiger partial charge in [0.25, 0.3) is 0 Å². The summed E-state index contributed by atoms with van der Waals surface area (Å²) >= 11 is 5.97. The Balaban J connectivity index is 2.04. The van der Waals surface area contributed by atoms with Gasteiger partial charge in [-0.2, -0.15) is 5.10 Å². The third-order valence-corrected chi connectivity index (χ3v) is 2.93. The average Bonchev–Trinajstić information content (AvgIpc) is 2.79. The molecule has 18 heavy (non-hydrogen) atoms. The molecule has 1 heterocycles. The molecule has 2 rings (SSSR count). The van der Waals surface area contributed by atoms with Gasteiger partial charge in [-0.3, -0.25) is 4.68 Å². The first-order valence-corrected chi connectivity index (χ1v) is 6.16. The molecule has 0 bridgehead atoms. The van der Waals surface area contributed by atoms with E-state index < -0.39 is 0 Å². The summed E-state index contributed by atoms with van der Waals surface area (Å²) in [5.74, 6) is -0.306. The van der Waals surface area contributed by atoms with E-state index in [-0.39, 0.29) is 5.82 Å². The van der Waals surface area contributed by atoms with Crippen molar-refractivity contribution in [3.8, 4) is 0 Å². The van der Waals surface area contributed by atoms with Crippen LogP contribution >= 0.6 is 11.6 Å². The van der Waals surface area contributed by atoms with Crippen molar-refractivity contribution in [2.45, 2.75) is 26.4 Å². The molecule has 1 N–H and O–H groups in total. The zero-order chi connectivity index (χ0) is 13.1. The Hall–Kier alpha value is -1.55. The molecule has 0 amide bonds. The minimum absolute atomic E-state index is 0.306. The summed E-state index contributed by atoms with van der Waals surface area (Å²) in [5, 5.41) is 7.84. The molecule has 96 valence electrons. The van der Waals surface area contributed by atoms with E-state index >= 15 is 0 Å². The zero-order valence-corrected chi connectivity index (χ0v) is 11.1. The fourth-order valence-electron chi connectivity index (χ4n) is 1.58. The highest BCUT2D eigenvalue weighted by molar-refractivity contribution is 6.33. The largest absolute Gasteiger partial charge is 0.380 e. The SMILES string of the molecule is CC(C)n1cc(CNc2cc(F)ccc2Cl)cn1. The van der Waals surface area contributed by atoms with E-state index in [4.69, 9.17) is 11.6 Å².